The molecule has 5 heteroatoms. The van der Waals surface area contributed by atoms with Crippen molar-refractivity contribution in [3.8, 4) is 0 Å². The molecule has 0 aromatic rings. The molecule has 5 nitrogen and oxygen atoms in total. The van der Waals surface area contributed by atoms with E-state index in [4.69, 9.17) is 10.8 Å². The van der Waals surface area contributed by atoms with Crippen molar-refractivity contribution in [1.29, 1.82) is 0 Å². The molecule has 2 unspecified atom stereocenters. The molecule has 1 amide bonds. The van der Waals surface area contributed by atoms with Crippen LogP contribution in [0.3, 0.4) is 0 Å². The Labute approximate surface area is 102 Å². The second-order valence-corrected chi connectivity index (χ2v) is 4.70. The van der Waals surface area contributed by atoms with Crippen LogP contribution in [-0.4, -0.2) is 29.6 Å². The maximum absolute atomic E-state index is 11.7. The highest BCUT2D eigenvalue weighted by atomic mass is 16.4. The molecule has 1 saturated carbocycles. The van der Waals surface area contributed by atoms with Gasteiger partial charge in [0.15, 0.2) is 0 Å². The maximum atomic E-state index is 11.7. The van der Waals surface area contributed by atoms with Crippen LogP contribution in [0.5, 0.6) is 0 Å². The highest BCUT2D eigenvalue weighted by Gasteiger charge is 2.29. The van der Waals surface area contributed by atoms with Crippen LogP contribution in [0, 0.1) is 5.92 Å². The summed E-state index contributed by atoms with van der Waals surface area (Å²) in [6.07, 6.45) is 5.43. The number of unbranched alkanes of at least 4 members (excludes halogenated alkanes) is 2. The van der Waals surface area contributed by atoms with Gasteiger partial charge in [-0.1, -0.05) is 12.8 Å². The van der Waals surface area contributed by atoms with E-state index in [-0.39, 0.29) is 24.3 Å². The van der Waals surface area contributed by atoms with Gasteiger partial charge >= 0.3 is 5.97 Å². The number of nitrogens with two attached hydrogens (primary N) is 1. The van der Waals surface area contributed by atoms with Crippen LogP contribution < -0.4 is 11.1 Å². The van der Waals surface area contributed by atoms with Crippen molar-refractivity contribution in [2.75, 3.05) is 6.54 Å². The minimum atomic E-state index is -0.758. The zero-order valence-corrected chi connectivity index (χ0v) is 10.2. The summed E-state index contributed by atoms with van der Waals surface area (Å²) in [5, 5.41) is 11.3. The van der Waals surface area contributed by atoms with Gasteiger partial charge in [-0.3, -0.25) is 9.59 Å². The van der Waals surface area contributed by atoms with Gasteiger partial charge in [-0.15, -0.1) is 0 Å². The Bertz CT molecular complexity index is 268. The number of amides is 1. The van der Waals surface area contributed by atoms with Crippen molar-refractivity contribution in [2.45, 2.75) is 51.0 Å². The number of carboxylic acids is 1. The third-order valence-electron chi connectivity index (χ3n) is 3.27. The third kappa shape index (κ3) is 5.17. The zero-order valence-electron chi connectivity index (χ0n) is 10.2. The molecular formula is C12H22N2O3. The van der Waals surface area contributed by atoms with E-state index < -0.39 is 5.97 Å². The Morgan fingerprint density at radius 2 is 2.00 bits per heavy atom. The van der Waals surface area contributed by atoms with Gasteiger partial charge in [-0.25, -0.2) is 0 Å². The van der Waals surface area contributed by atoms with Gasteiger partial charge in [-0.2, -0.15) is 0 Å². The Morgan fingerprint density at radius 3 is 2.59 bits per heavy atom. The summed E-state index contributed by atoms with van der Waals surface area (Å²) >= 11 is 0. The molecular weight excluding hydrogens is 220 g/mol. The minimum Gasteiger partial charge on any atom is -0.481 e. The van der Waals surface area contributed by atoms with E-state index >= 15 is 0 Å². The number of carbonyl (C=O) groups excluding carboxylic acids is 1. The summed E-state index contributed by atoms with van der Waals surface area (Å²) in [6, 6.07) is 0.0158. The van der Waals surface area contributed by atoms with E-state index in [1.807, 2.05) is 0 Å². The van der Waals surface area contributed by atoms with E-state index in [9.17, 15) is 9.59 Å². The number of carboxylic acid groups (broad SMARTS) is 1. The van der Waals surface area contributed by atoms with Gasteiger partial charge in [0.25, 0.3) is 0 Å². The number of hydrogen-bond donors (Lipinski definition) is 3. The summed E-state index contributed by atoms with van der Waals surface area (Å²) in [5.74, 6) is -0.715. The van der Waals surface area contributed by atoms with Gasteiger partial charge in [0, 0.05) is 19.0 Å². The molecule has 0 aromatic carbocycles. The van der Waals surface area contributed by atoms with Gasteiger partial charge in [0.1, 0.15) is 0 Å². The SMILES string of the molecule is NC1CCCC1C(=O)NCCCCCC(=O)O. The van der Waals surface area contributed by atoms with Crippen molar-refractivity contribution in [1.82, 2.24) is 5.32 Å². The normalized spacial score (nSPS) is 23.6. The van der Waals surface area contributed by atoms with Crippen molar-refractivity contribution < 1.29 is 14.7 Å². The zero-order chi connectivity index (χ0) is 12.7. The first-order chi connectivity index (χ1) is 8.11. The fraction of sp³-hybridized carbons (Fsp3) is 0.833. The van der Waals surface area contributed by atoms with E-state index in [2.05, 4.69) is 5.32 Å². The average Bonchev–Trinajstić information content (AvgIpc) is 2.69. The monoisotopic (exact) mass is 242 g/mol. The lowest BCUT2D eigenvalue weighted by atomic mass is 10.0. The number of aliphatic carboxylic acids is 1. The maximum Gasteiger partial charge on any atom is 0.303 e. The van der Waals surface area contributed by atoms with Gasteiger partial charge in [0.2, 0.25) is 5.91 Å². The highest BCUT2D eigenvalue weighted by Crippen LogP contribution is 2.23. The average molecular weight is 242 g/mol. The van der Waals surface area contributed by atoms with Crippen molar-refractivity contribution in [3.05, 3.63) is 0 Å². The lowest BCUT2D eigenvalue weighted by molar-refractivity contribution is -0.137. The first-order valence-corrected chi connectivity index (χ1v) is 6.36. The van der Waals surface area contributed by atoms with Crippen molar-refractivity contribution in [3.63, 3.8) is 0 Å². The second kappa shape index (κ2) is 7.27. The van der Waals surface area contributed by atoms with Crippen LogP contribution in [0.25, 0.3) is 0 Å². The standard InChI is InChI=1S/C12H22N2O3/c13-10-6-4-5-9(10)12(17)14-8-3-1-2-7-11(15)16/h9-10H,1-8,13H2,(H,14,17)(H,15,16). The van der Waals surface area contributed by atoms with Gasteiger partial charge < -0.3 is 16.2 Å². The summed E-state index contributed by atoms with van der Waals surface area (Å²) in [4.78, 5) is 22.0. The molecule has 0 bridgehead atoms. The molecule has 1 fully saturated rings. The van der Waals surface area contributed by atoms with E-state index in [0.29, 0.717) is 13.0 Å². The molecule has 0 aromatic heterocycles. The predicted octanol–water partition coefficient (Wildman–Crippen LogP) is 0.875. The minimum absolute atomic E-state index is 0.0158. The molecule has 1 aliphatic carbocycles. The van der Waals surface area contributed by atoms with E-state index in [1.54, 1.807) is 0 Å². The first kappa shape index (κ1) is 14.0. The lowest BCUT2D eigenvalue weighted by Gasteiger charge is -2.14. The molecule has 1 rings (SSSR count). The summed E-state index contributed by atoms with van der Waals surface area (Å²) in [6.45, 7) is 0.627. The van der Waals surface area contributed by atoms with Crippen molar-refractivity contribution >= 4 is 11.9 Å². The molecule has 4 N–H and O–H groups in total. The van der Waals surface area contributed by atoms with Crippen LogP contribution in [-0.2, 0) is 9.59 Å². The largest absolute Gasteiger partial charge is 0.481 e. The van der Waals surface area contributed by atoms with Crippen LogP contribution >= 0.6 is 0 Å². The van der Waals surface area contributed by atoms with E-state index in [0.717, 1.165) is 32.1 Å². The predicted molar refractivity (Wildman–Crippen MR) is 64.4 cm³/mol. The molecule has 0 radical (unpaired) electrons. The van der Waals surface area contributed by atoms with Crippen LogP contribution in [0.4, 0.5) is 0 Å². The lowest BCUT2D eigenvalue weighted by Crippen LogP contribution is -2.38. The summed E-state index contributed by atoms with van der Waals surface area (Å²) in [5.41, 5.74) is 5.84. The molecule has 17 heavy (non-hydrogen) atoms. The van der Waals surface area contributed by atoms with E-state index in [1.165, 1.54) is 0 Å². The van der Waals surface area contributed by atoms with Crippen LogP contribution in [0.15, 0.2) is 0 Å². The fourth-order valence-corrected chi connectivity index (χ4v) is 2.23. The van der Waals surface area contributed by atoms with Crippen LogP contribution in [0.2, 0.25) is 0 Å². The third-order valence-corrected chi connectivity index (χ3v) is 3.27. The van der Waals surface area contributed by atoms with Gasteiger partial charge in [-0.05, 0) is 25.7 Å². The molecule has 2 atom stereocenters. The molecule has 0 saturated heterocycles. The molecule has 1 aliphatic rings. The summed E-state index contributed by atoms with van der Waals surface area (Å²) in [7, 11) is 0. The molecule has 0 aliphatic heterocycles. The van der Waals surface area contributed by atoms with Crippen LogP contribution in [0.1, 0.15) is 44.9 Å². The summed E-state index contributed by atoms with van der Waals surface area (Å²) < 4.78 is 0. The number of rotatable bonds is 7. The number of carbonyl (C=O) groups is 2. The Morgan fingerprint density at radius 1 is 1.24 bits per heavy atom. The van der Waals surface area contributed by atoms with Gasteiger partial charge in [0.05, 0.1) is 5.92 Å². The Balaban J connectivity index is 2.02. The highest BCUT2D eigenvalue weighted by molar-refractivity contribution is 5.79. The second-order valence-electron chi connectivity index (χ2n) is 4.70. The molecule has 0 heterocycles. The molecule has 0 spiro atoms. The smallest absolute Gasteiger partial charge is 0.303 e. The Hall–Kier alpha value is -1.10. The fourth-order valence-electron chi connectivity index (χ4n) is 2.23. The van der Waals surface area contributed by atoms with Crippen molar-refractivity contribution in [2.24, 2.45) is 11.7 Å². The first-order valence-electron chi connectivity index (χ1n) is 6.36. The Kier molecular flexibility index (Phi) is 5.97. The molecule has 98 valence electrons. The quantitative estimate of drug-likeness (QED) is 0.578. The number of nitrogens with one attached hydrogen (secondary N) is 1. The topological polar surface area (TPSA) is 92.4 Å². The number of hydrogen-bond acceptors (Lipinski definition) is 3.